The zero-order chi connectivity index (χ0) is 19.8. The van der Waals surface area contributed by atoms with Gasteiger partial charge < -0.3 is 10.1 Å². The molecule has 0 aliphatic carbocycles. The van der Waals surface area contributed by atoms with Gasteiger partial charge in [0.1, 0.15) is 6.54 Å². The maximum Gasteiger partial charge on any atom is 0.327 e. The summed E-state index contributed by atoms with van der Waals surface area (Å²) in [6, 6.07) is 9.23. The molecule has 1 aliphatic rings. The Morgan fingerprint density at radius 1 is 1.15 bits per heavy atom. The number of carbonyl (C=O) groups is 3. The lowest BCUT2D eigenvalue weighted by Gasteiger charge is -2.19. The van der Waals surface area contributed by atoms with E-state index in [1.165, 1.54) is 20.0 Å². The van der Waals surface area contributed by atoms with Crippen molar-refractivity contribution in [2.75, 3.05) is 17.9 Å². The van der Waals surface area contributed by atoms with Crippen molar-refractivity contribution in [2.45, 2.75) is 17.9 Å². The average molecular weight is 391 g/mol. The van der Waals surface area contributed by atoms with Crippen molar-refractivity contribution < 1.29 is 27.5 Å². The molecular formula is C17H17N3O6S. The lowest BCUT2D eigenvalue weighted by Crippen LogP contribution is -2.44. The van der Waals surface area contributed by atoms with Gasteiger partial charge >= 0.3 is 12.0 Å². The van der Waals surface area contributed by atoms with Crippen LogP contribution < -0.4 is 14.9 Å². The third kappa shape index (κ3) is 3.31. The molecule has 1 atom stereocenters. The molecule has 3 amide bonds. The number of urea groups is 1. The summed E-state index contributed by atoms with van der Waals surface area (Å²) in [7, 11) is -2.58. The van der Waals surface area contributed by atoms with Gasteiger partial charge in [0.2, 0.25) is 0 Å². The van der Waals surface area contributed by atoms with Crippen molar-refractivity contribution in [1.29, 1.82) is 0 Å². The maximum atomic E-state index is 12.8. The van der Waals surface area contributed by atoms with Gasteiger partial charge in [0.25, 0.3) is 15.9 Å². The summed E-state index contributed by atoms with van der Waals surface area (Å²) in [6.45, 7) is 0.692. The van der Waals surface area contributed by atoms with E-state index in [0.717, 1.165) is 9.69 Å². The van der Waals surface area contributed by atoms with E-state index in [1.54, 1.807) is 30.3 Å². The lowest BCUT2D eigenvalue weighted by molar-refractivity contribution is -0.152. The van der Waals surface area contributed by atoms with Crippen LogP contribution in [0.2, 0.25) is 0 Å². The molecule has 3 rings (SSSR count). The summed E-state index contributed by atoms with van der Waals surface area (Å²) in [4.78, 5) is 35.2. The second-order valence-electron chi connectivity index (χ2n) is 5.84. The van der Waals surface area contributed by atoms with E-state index in [9.17, 15) is 22.8 Å². The Balaban J connectivity index is 1.79. The summed E-state index contributed by atoms with van der Waals surface area (Å²) in [5.74, 6) is -1.74. The van der Waals surface area contributed by atoms with Gasteiger partial charge in [-0.3, -0.25) is 19.2 Å². The fraction of sp³-hybridized carbons (Fsp3) is 0.235. The van der Waals surface area contributed by atoms with E-state index in [-0.39, 0.29) is 4.90 Å². The summed E-state index contributed by atoms with van der Waals surface area (Å²) in [5.41, 5.74) is 0.377. The van der Waals surface area contributed by atoms with Crippen LogP contribution in [0.4, 0.5) is 10.5 Å². The fourth-order valence-corrected chi connectivity index (χ4v) is 4.46. The Kier molecular flexibility index (Phi) is 4.75. The topological polar surface area (TPSA) is 122 Å². The van der Waals surface area contributed by atoms with Gasteiger partial charge in [0, 0.05) is 12.4 Å². The number of sulfonamides is 1. The van der Waals surface area contributed by atoms with Gasteiger partial charge in [-0.25, -0.2) is 13.2 Å². The average Bonchev–Trinajstić information content (AvgIpc) is 2.85. The summed E-state index contributed by atoms with van der Waals surface area (Å²) in [5, 5.41) is 5.45. The molecule has 27 heavy (non-hydrogen) atoms. The Labute approximate surface area is 155 Å². The van der Waals surface area contributed by atoms with Crippen molar-refractivity contribution in [2.24, 2.45) is 0 Å². The van der Waals surface area contributed by atoms with Gasteiger partial charge in [-0.15, -0.1) is 0 Å². The standard InChI is InChI=1S/C17H17N3O6S/c1-10(16(22)19-17(23)18-2)26-14(21)9-20-12-7-3-5-11-6-4-8-13(15(11)12)27(20,24)25/h3-8,10H,9H2,1-2H3,(H2,18,19,22,23)/t10-/m0/s1. The molecule has 142 valence electrons. The van der Waals surface area contributed by atoms with E-state index in [1.807, 2.05) is 5.32 Å². The van der Waals surface area contributed by atoms with E-state index in [2.05, 4.69) is 5.32 Å². The van der Waals surface area contributed by atoms with Gasteiger partial charge in [0.05, 0.1) is 10.6 Å². The first-order chi connectivity index (χ1) is 12.8. The molecule has 10 heteroatoms. The molecule has 0 spiro atoms. The van der Waals surface area contributed by atoms with Crippen LogP contribution in [-0.4, -0.2) is 46.0 Å². The molecule has 1 heterocycles. The van der Waals surface area contributed by atoms with Crippen LogP contribution in [0.15, 0.2) is 41.3 Å². The third-order valence-corrected chi connectivity index (χ3v) is 5.90. The van der Waals surface area contributed by atoms with Crippen LogP contribution in [0.1, 0.15) is 6.92 Å². The van der Waals surface area contributed by atoms with E-state index >= 15 is 0 Å². The molecule has 2 aromatic rings. The molecule has 2 aromatic carbocycles. The lowest BCUT2D eigenvalue weighted by atomic mass is 10.1. The number of ether oxygens (including phenoxy) is 1. The molecule has 0 aromatic heterocycles. The number of carbonyl (C=O) groups excluding carboxylic acids is 3. The molecule has 1 aliphatic heterocycles. The zero-order valence-corrected chi connectivity index (χ0v) is 15.4. The highest BCUT2D eigenvalue weighted by Crippen LogP contribution is 2.41. The predicted molar refractivity (Wildman–Crippen MR) is 96.6 cm³/mol. The number of esters is 1. The molecule has 9 nitrogen and oxygen atoms in total. The number of imide groups is 1. The van der Waals surface area contributed by atoms with Crippen LogP contribution in [0.3, 0.4) is 0 Å². The van der Waals surface area contributed by atoms with Crippen LogP contribution in [-0.2, 0) is 24.3 Å². The number of nitrogens with one attached hydrogen (secondary N) is 2. The Morgan fingerprint density at radius 2 is 1.81 bits per heavy atom. The number of amides is 3. The summed E-state index contributed by atoms with van der Waals surface area (Å²) in [6.07, 6.45) is -1.27. The number of hydrogen-bond donors (Lipinski definition) is 2. The largest absolute Gasteiger partial charge is 0.451 e. The molecule has 0 saturated carbocycles. The smallest absolute Gasteiger partial charge is 0.327 e. The second kappa shape index (κ2) is 6.88. The monoisotopic (exact) mass is 391 g/mol. The second-order valence-corrected chi connectivity index (χ2v) is 7.67. The number of nitrogens with zero attached hydrogens (tertiary/aromatic N) is 1. The Hall–Kier alpha value is -3.14. The Bertz CT molecular complexity index is 1040. The highest BCUT2D eigenvalue weighted by Gasteiger charge is 2.37. The van der Waals surface area contributed by atoms with Crippen LogP contribution >= 0.6 is 0 Å². The first kappa shape index (κ1) is 18.6. The molecule has 0 saturated heterocycles. The van der Waals surface area contributed by atoms with Gasteiger partial charge in [-0.05, 0) is 24.4 Å². The highest BCUT2D eigenvalue weighted by atomic mass is 32.2. The molecule has 2 N–H and O–H groups in total. The van der Waals surface area contributed by atoms with Crippen molar-refractivity contribution in [3.05, 3.63) is 36.4 Å². The quantitative estimate of drug-likeness (QED) is 0.741. The molecule has 0 unspecified atom stereocenters. The van der Waals surface area contributed by atoms with Gasteiger partial charge in [0.15, 0.2) is 6.10 Å². The number of anilines is 1. The SMILES string of the molecule is CNC(=O)NC(=O)[C@H](C)OC(=O)CN1c2cccc3cccc(c23)S1(=O)=O. The minimum absolute atomic E-state index is 0.119. The Morgan fingerprint density at radius 3 is 2.48 bits per heavy atom. The van der Waals surface area contributed by atoms with E-state index in [0.29, 0.717) is 11.1 Å². The zero-order valence-electron chi connectivity index (χ0n) is 14.6. The summed E-state index contributed by atoms with van der Waals surface area (Å²) >= 11 is 0. The minimum Gasteiger partial charge on any atom is -0.451 e. The van der Waals surface area contributed by atoms with Crippen molar-refractivity contribution in [1.82, 2.24) is 10.6 Å². The number of benzene rings is 2. The van der Waals surface area contributed by atoms with E-state index < -0.39 is 40.6 Å². The highest BCUT2D eigenvalue weighted by molar-refractivity contribution is 7.93. The predicted octanol–water partition coefficient (Wildman–Crippen LogP) is 0.736. The van der Waals surface area contributed by atoms with E-state index in [4.69, 9.17) is 4.74 Å². The first-order valence-electron chi connectivity index (χ1n) is 8.02. The van der Waals surface area contributed by atoms with Crippen molar-refractivity contribution in [3.8, 4) is 0 Å². The third-order valence-electron chi connectivity index (χ3n) is 4.10. The minimum atomic E-state index is -3.90. The molecular weight excluding hydrogens is 374 g/mol. The van der Waals surface area contributed by atoms with Crippen molar-refractivity contribution >= 4 is 44.4 Å². The van der Waals surface area contributed by atoms with Crippen LogP contribution in [0, 0.1) is 0 Å². The normalized spacial score (nSPS) is 15.3. The molecule has 0 fully saturated rings. The first-order valence-corrected chi connectivity index (χ1v) is 9.46. The number of hydrogen-bond acceptors (Lipinski definition) is 6. The maximum absolute atomic E-state index is 12.8. The van der Waals surface area contributed by atoms with Crippen molar-refractivity contribution in [3.63, 3.8) is 0 Å². The summed E-state index contributed by atoms with van der Waals surface area (Å²) < 4.78 is 31.5. The van der Waals surface area contributed by atoms with Gasteiger partial charge in [-0.2, -0.15) is 0 Å². The molecule has 0 radical (unpaired) electrons. The van der Waals surface area contributed by atoms with Gasteiger partial charge in [-0.1, -0.05) is 24.3 Å². The van der Waals surface area contributed by atoms with Crippen LogP contribution in [0.5, 0.6) is 0 Å². The molecule has 0 bridgehead atoms. The van der Waals surface area contributed by atoms with Crippen LogP contribution in [0.25, 0.3) is 10.8 Å². The fourth-order valence-electron chi connectivity index (χ4n) is 2.81. The number of rotatable bonds is 4.